The van der Waals surface area contributed by atoms with Crippen molar-refractivity contribution in [2.24, 2.45) is 5.41 Å². The first-order valence-corrected chi connectivity index (χ1v) is 14.2. The molecule has 2 N–H and O–H groups in total. The Balaban J connectivity index is 1.20. The van der Waals surface area contributed by atoms with Crippen LogP contribution in [0.3, 0.4) is 0 Å². The topological polar surface area (TPSA) is 100 Å². The molecule has 6 rings (SSSR count). The Kier molecular flexibility index (Phi) is 7.34. The second-order valence-corrected chi connectivity index (χ2v) is 12.2. The van der Waals surface area contributed by atoms with E-state index in [9.17, 15) is 23.5 Å². The number of alkyl halides is 2. The van der Waals surface area contributed by atoms with Crippen molar-refractivity contribution in [2.75, 3.05) is 13.1 Å². The van der Waals surface area contributed by atoms with Crippen LogP contribution in [-0.2, 0) is 21.7 Å². The van der Waals surface area contributed by atoms with Gasteiger partial charge in [0.1, 0.15) is 5.82 Å². The van der Waals surface area contributed by atoms with Crippen LogP contribution in [0, 0.1) is 11.2 Å². The van der Waals surface area contributed by atoms with Crippen molar-refractivity contribution in [1.29, 1.82) is 0 Å². The zero-order chi connectivity index (χ0) is 30.5. The van der Waals surface area contributed by atoms with Gasteiger partial charge in [-0.05, 0) is 48.2 Å². The summed E-state index contributed by atoms with van der Waals surface area (Å²) in [7, 11) is 0. The standard InChI is InChI=1S/C32H32F3N5O3/c1-31(2)18-39(16-19-3-5-22(6-4-19)40-17-21(15-37-40)29(34)35)12-11-32(31,43)25-8-9-26-24(28(25)33)13-20(14-36-26)23-7-10-27(41)38-30(23)42/h3-6,8-9,13-15,17,23,29,43H,7,10-12,16,18H2,1-2H3,(H,38,41,42)/t23-,32-/m0/s1. The average Bonchev–Trinajstić information content (AvgIpc) is 3.47. The van der Waals surface area contributed by atoms with Crippen LogP contribution < -0.4 is 5.32 Å². The van der Waals surface area contributed by atoms with Gasteiger partial charge in [0.25, 0.3) is 6.43 Å². The van der Waals surface area contributed by atoms with Crippen LogP contribution in [0.25, 0.3) is 16.6 Å². The van der Waals surface area contributed by atoms with E-state index in [0.717, 1.165) is 11.8 Å². The highest BCUT2D eigenvalue weighted by Gasteiger charge is 2.50. The quantitative estimate of drug-likeness (QED) is 0.302. The molecule has 0 bridgehead atoms. The summed E-state index contributed by atoms with van der Waals surface area (Å²) in [6, 6.07) is 12.4. The minimum atomic E-state index is -2.58. The van der Waals surface area contributed by atoms with Gasteiger partial charge in [0, 0.05) is 54.8 Å². The molecule has 224 valence electrons. The highest BCUT2D eigenvalue weighted by Crippen LogP contribution is 2.48. The van der Waals surface area contributed by atoms with Crippen molar-refractivity contribution >= 4 is 22.7 Å². The van der Waals surface area contributed by atoms with Gasteiger partial charge in [-0.2, -0.15) is 5.10 Å². The van der Waals surface area contributed by atoms with Gasteiger partial charge < -0.3 is 5.11 Å². The van der Waals surface area contributed by atoms with Gasteiger partial charge in [0.15, 0.2) is 0 Å². The fourth-order valence-corrected chi connectivity index (χ4v) is 6.37. The zero-order valence-electron chi connectivity index (χ0n) is 23.9. The molecule has 8 nitrogen and oxygen atoms in total. The van der Waals surface area contributed by atoms with Crippen molar-refractivity contribution in [2.45, 2.75) is 57.6 Å². The largest absolute Gasteiger partial charge is 0.384 e. The molecule has 11 heteroatoms. The molecule has 2 aromatic heterocycles. The predicted octanol–water partition coefficient (Wildman–Crippen LogP) is 5.14. The number of halogens is 3. The number of fused-ring (bicyclic) bond motifs is 1. The summed E-state index contributed by atoms with van der Waals surface area (Å²) in [5, 5.41) is 18.6. The lowest BCUT2D eigenvalue weighted by Crippen LogP contribution is -2.55. The smallest absolute Gasteiger partial charge is 0.266 e. The van der Waals surface area contributed by atoms with E-state index in [4.69, 9.17) is 0 Å². The van der Waals surface area contributed by atoms with Crippen molar-refractivity contribution in [3.05, 3.63) is 89.1 Å². The number of rotatable bonds is 6. The van der Waals surface area contributed by atoms with Crippen LogP contribution in [-0.4, -0.2) is 49.7 Å². The lowest BCUT2D eigenvalue weighted by atomic mass is 9.66. The number of hydrogen-bond donors (Lipinski definition) is 2. The Hall–Kier alpha value is -4.09. The number of hydrogen-bond acceptors (Lipinski definition) is 6. The first-order chi connectivity index (χ1) is 20.4. The number of nitrogens with zero attached hydrogens (tertiary/aromatic N) is 4. The van der Waals surface area contributed by atoms with Crippen molar-refractivity contribution in [1.82, 2.24) is 25.0 Å². The minimum absolute atomic E-state index is 0.138. The summed E-state index contributed by atoms with van der Waals surface area (Å²) in [5.41, 5.74) is 0.497. The fraction of sp³-hybridized carbons (Fsp3) is 0.375. The highest BCUT2D eigenvalue weighted by atomic mass is 19.3. The van der Waals surface area contributed by atoms with Gasteiger partial charge in [-0.15, -0.1) is 0 Å². The molecule has 0 radical (unpaired) electrons. The molecule has 2 aliphatic heterocycles. The molecule has 43 heavy (non-hydrogen) atoms. The molecule has 0 unspecified atom stereocenters. The van der Waals surface area contributed by atoms with Crippen molar-refractivity contribution in [3.8, 4) is 5.69 Å². The average molecular weight is 592 g/mol. The van der Waals surface area contributed by atoms with Gasteiger partial charge in [-0.3, -0.25) is 24.8 Å². The zero-order valence-corrected chi connectivity index (χ0v) is 23.9. The first kappa shape index (κ1) is 29.0. The van der Waals surface area contributed by atoms with Crippen molar-refractivity contribution in [3.63, 3.8) is 0 Å². The van der Waals surface area contributed by atoms with Crippen LogP contribution in [0.2, 0.25) is 0 Å². The van der Waals surface area contributed by atoms with Crippen LogP contribution >= 0.6 is 0 Å². The van der Waals surface area contributed by atoms with E-state index in [1.54, 1.807) is 24.4 Å². The number of aliphatic hydroxyl groups is 1. The Bertz CT molecular complexity index is 1700. The number of piperidine rings is 2. The van der Waals surface area contributed by atoms with Gasteiger partial charge in [0.05, 0.1) is 34.5 Å². The van der Waals surface area contributed by atoms with Crippen LogP contribution in [0.5, 0.6) is 0 Å². The number of likely N-dealkylation sites (tertiary alicyclic amines) is 1. The third-order valence-corrected chi connectivity index (χ3v) is 8.90. The molecule has 2 amide bonds. The Morgan fingerprint density at radius 1 is 1.12 bits per heavy atom. The Morgan fingerprint density at radius 2 is 1.88 bits per heavy atom. The molecule has 0 spiro atoms. The molecule has 2 atom stereocenters. The van der Waals surface area contributed by atoms with Crippen LogP contribution in [0.15, 0.2) is 61.1 Å². The van der Waals surface area contributed by atoms with Crippen molar-refractivity contribution < 1.29 is 27.9 Å². The maximum atomic E-state index is 16.2. The number of nitrogens with one attached hydrogen (secondary N) is 1. The summed E-state index contributed by atoms with van der Waals surface area (Å²) in [6.45, 7) is 5.45. The maximum absolute atomic E-state index is 16.2. The summed E-state index contributed by atoms with van der Waals surface area (Å²) in [4.78, 5) is 30.6. The van der Waals surface area contributed by atoms with E-state index in [-0.39, 0.29) is 28.8 Å². The monoisotopic (exact) mass is 591 g/mol. The molecule has 4 heterocycles. The lowest BCUT2D eigenvalue weighted by Gasteiger charge is -2.50. The number of carbonyl (C=O) groups excluding carboxylic acids is 2. The van der Waals surface area contributed by atoms with E-state index in [0.29, 0.717) is 49.2 Å². The second kappa shape index (κ2) is 10.9. The van der Waals surface area contributed by atoms with Crippen LogP contribution in [0.4, 0.5) is 13.2 Å². The van der Waals surface area contributed by atoms with Gasteiger partial charge >= 0.3 is 0 Å². The Labute approximate surface area is 246 Å². The van der Waals surface area contributed by atoms with E-state index >= 15 is 4.39 Å². The second-order valence-electron chi connectivity index (χ2n) is 12.2. The van der Waals surface area contributed by atoms with E-state index < -0.39 is 35.1 Å². The number of pyridine rings is 1. The normalized spacial score (nSPS) is 22.7. The van der Waals surface area contributed by atoms with Crippen LogP contribution in [0.1, 0.15) is 67.7 Å². The molecule has 0 saturated carbocycles. The SMILES string of the molecule is CC1(C)CN(Cc2ccc(-n3cc(C(F)F)cn3)cc2)CC[C@]1(O)c1ccc2ncc([C@@H]3CCC(=O)NC3=O)cc2c1F. The summed E-state index contributed by atoms with van der Waals surface area (Å²) >= 11 is 0. The minimum Gasteiger partial charge on any atom is -0.384 e. The molecular weight excluding hydrogens is 559 g/mol. The third kappa shape index (κ3) is 5.31. The molecule has 0 aliphatic carbocycles. The molecular formula is C32H32F3N5O3. The molecule has 2 fully saturated rings. The summed E-state index contributed by atoms with van der Waals surface area (Å²) in [6.07, 6.45) is 2.26. The number of aromatic nitrogens is 3. The third-order valence-electron chi connectivity index (χ3n) is 8.90. The highest BCUT2D eigenvalue weighted by molar-refractivity contribution is 6.01. The number of imide groups is 1. The molecule has 2 saturated heterocycles. The maximum Gasteiger partial charge on any atom is 0.266 e. The van der Waals surface area contributed by atoms with Gasteiger partial charge in [-0.1, -0.05) is 32.0 Å². The predicted molar refractivity (Wildman–Crippen MR) is 153 cm³/mol. The van der Waals surface area contributed by atoms with E-state index in [1.807, 2.05) is 38.1 Å². The molecule has 2 aromatic carbocycles. The fourth-order valence-electron chi connectivity index (χ4n) is 6.37. The molecule has 4 aromatic rings. The number of amides is 2. The number of carbonyl (C=O) groups is 2. The van der Waals surface area contributed by atoms with Gasteiger partial charge in [0.2, 0.25) is 11.8 Å². The summed E-state index contributed by atoms with van der Waals surface area (Å²) in [5.74, 6) is -1.90. The number of benzene rings is 2. The Morgan fingerprint density at radius 3 is 2.56 bits per heavy atom. The van der Waals surface area contributed by atoms with E-state index in [2.05, 4.69) is 20.3 Å². The summed E-state index contributed by atoms with van der Waals surface area (Å²) < 4.78 is 43.5. The van der Waals surface area contributed by atoms with Gasteiger partial charge in [-0.25, -0.2) is 17.9 Å². The van der Waals surface area contributed by atoms with E-state index in [1.165, 1.54) is 10.9 Å². The lowest BCUT2D eigenvalue weighted by molar-refractivity contribution is -0.134. The molecule has 2 aliphatic rings. The first-order valence-electron chi connectivity index (χ1n) is 14.2.